The lowest BCUT2D eigenvalue weighted by molar-refractivity contribution is 0.0500. The van der Waals surface area contributed by atoms with Gasteiger partial charge in [-0.1, -0.05) is 36.4 Å². The van der Waals surface area contributed by atoms with Crippen LogP contribution < -0.4 is 0 Å². The van der Waals surface area contributed by atoms with Crippen molar-refractivity contribution >= 4 is 32.5 Å². The Morgan fingerprint density at radius 1 is 0.903 bits per heavy atom. The van der Waals surface area contributed by atoms with Crippen LogP contribution in [0.25, 0.3) is 10.8 Å². The molecule has 0 spiro atoms. The average molecular weight is 444 g/mol. The average Bonchev–Trinajstić information content (AvgIpc) is 2.74. The first-order chi connectivity index (χ1) is 14.7. The van der Waals surface area contributed by atoms with Gasteiger partial charge >= 0.3 is 11.9 Å². The van der Waals surface area contributed by atoms with Crippen LogP contribution in [-0.4, -0.2) is 43.8 Å². The molecule has 3 aromatic rings. The second kappa shape index (κ2) is 8.65. The van der Waals surface area contributed by atoms with Crippen LogP contribution in [-0.2, 0) is 19.3 Å². The molecule has 9 heteroatoms. The second-order valence-corrected chi connectivity index (χ2v) is 8.27. The van der Waals surface area contributed by atoms with E-state index >= 15 is 0 Å². The molecule has 0 aromatic heterocycles. The summed E-state index contributed by atoms with van der Waals surface area (Å²) >= 11 is 0. The number of sulfone groups is 1. The Morgan fingerprint density at radius 3 is 2.19 bits per heavy atom. The maximum Gasteiger partial charge on any atom is 0.343 e. The van der Waals surface area contributed by atoms with Crippen molar-refractivity contribution in [1.29, 1.82) is 0 Å². The second-order valence-electron chi connectivity index (χ2n) is 6.42. The molecule has 31 heavy (non-hydrogen) atoms. The number of fused-ring (bicyclic) bond motifs is 1. The van der Waals surface area contributed by atoms with Gasteiger partial charge in [0.05, 0.1) is 18.1 Å². The van der Waals surface area contributed by atoms with Crippen LogP contribution in [0.4, 0.5) is 0 Å². The summed E-state index contributed by atoms with van der Waals surface area (Å²) in [7, 11) is -4.60. The fourth-order valence-electron chi connectivity index (χ4n) is 3.20. The molecule has 0 atom stereocenters. The maximum atomic E-state index is 13.7. The van der Waals surface area contributed by atoms with Gasteiger partial charge in [-0.3, -0.25) is 0 Å². The predicted molar refractivity (Wildman–Crippen MR) is 111 cm³/mol. The lowest BCUT2D eigenvalue weighted by atomic mass is 10.1. The van der Waals surface area contributed by atoms with Crippen molar-refractivity contribution in [3.63, 3.8) is 0 Å². The molecule has 0 bridgehead atoms. The maximum absolute atomic E-state index is 13.7. The number of carbonyl (C=O) groups is 2. The number of aromatic hydroxyl groups is 2. The predicted octanol–water partition coefficient (Wildman–Crippen LogP) is 3.44. The SMILES string of the molecule is CCOC(=O)c1cc(O)c(C(=O)OCC)c(S(=O)(=O)c2cccc3ccccc23)c1O. The van der Waals surface area contributed by atoms with E-state index in [9.17, 15) is 28.2 Å². The van der Waals surface area contributed by atoms with Crippen LogP contribution in [0.3, 0.4) is 0 Å². The van der Waals surface area contributed by atoms with E-state index in [4.69, 9.17) is 9.47 Å². The Morgan fingerprint density at radius 2 is 1.52 bits per heavy atom. The summed E-state index contributed by atoms with van der Waals surface area (Å²) in [5.74, 6) is -4.06. The number of phenols is 2. The summed E-state index contributed by atoms with van der Waals surface area (Å²) in [5, 5.41) is 22.2. The van der Waals surface area contributed by atoms with Gasteiger partial charge in [-0.25, -0.2) is 18.0 Å². The molecule has 162 valence electrons. The highest BCUT2D eigenvalue weighted by atomic mass is 32.2. The van der Waals surface area contributed by atoms with Crippen LogP contribution >= 0.6 is 0 Å². The Labute approximate surface area is 178 Å². The van der Waals surface area contributed by atoms with Gasteiger partial charge in [-0.15, -0.1) is 0 Å². The van der Waals surface area contributed by atoms with Gasteiger partial charge in [-0.05, 0) is 31.4 Å². The molecular formula is C22H20O8S. The summed E-state index contributed by atoms with van der Waals surface area (Å²) in [6.45, 7) is 2.87. The Kier molecular flexibility index (Phi) is 6.16. The molecule has 0 aliphatic rings. The molecule has 0 aliphatic heterocycles. The summed E-state index contributed by atoms with van der Waals surface area (Å²) < 4.78 is 37.0. The highest BCUT2D eigenvalue weighted by Gasteiger charge is 2.36. The van der Waals surface area contributed by atoms with E-state index in [1.54, 1.807) is 30.3 Å². The number of ether oxygens (including phenoxy) is 2. The molecule has 0 aliphatic carbocycles. The van der Waals surface area contributed by atoms with E-state index in [2.05, 4.69) is 0 Å². The van der Waals surface area contributed by atoms with Crippen molar-refractivity contribution in [1.82, 2.24) is 0 Å². The molecule has 0 amide bonds. The first-order valence-corrected chi connectivity index (χ1v) is 10.9. The molecule has 3 rings (SSSR count). The minimum absolute atomic E-state index is 0.0515. The topological polar surface area (TPSA) is 127 Å². The number of benzene rings is 3. The van der Waals surface area contributed by atoms with Crippen LogP contribution in [0.2, 0.25) is 0 Å². The van der Waals surface area contributed by atoms with Crippen molar-refractivity contribution in [2.75, 3.05) is 13.2 Å². The van der Waals surface area contributed by atoms with Crippen molar-refractivity contribution in [3.8, 4) is 11.5 Å². The van der Waals surface area contributed by atoms with E-state index in [0.717, 1.165) is 6.07 Å². The molecule has 0 unspecified atom stereocenters. The number of hydrogen-bond donors (Lipinski definition) is 2. The number of rotatable bonds is 6. The smallest absolute Gasteiger partial charge is 0.343 e. The summed E-state index contributed by atoms with van der Waals surface area (Å²) in [5.41, 5.74) is -1.36. The van der Waals surface area contributed by atoms with E-state index in [-0.39, 0.29) is 18.1 Å². The van der Waals surface area contributed by atoms with Crippen LogP contribution in [0.15, 0.2) is 58.3 Å². The minimum atomic E-state index is -4.60. The molecule has 3 aromatic carbocycles. The lowest BCUT2D eigenvalue weighted by Crippen LogP contribution is -2.16. The highest BCUT2D eigenvalue weighted by molar-refractivity contribution is 7.92. The molecule has 2 N–H and O–H groups in total. The minimum Gasteiger partial charge on any atom is -0.507 e. The fourth-order valence-corrected chi connectivity index (χ4v) is 4.98. The van der Waals surface area contributed by atoms with Crippen LogP contribution in [0.5, 0.6) is 11.5 Å². The van der Waals surface area contributed by atoms with E-state index < -0.39 is 49.3 Å². The quantitative estimate of drug-likeness (QED) is 0.437. The summed E-state index contributed by atoms with van der Waals surface area (Å²) in [6.07, 6.45) is 0. The van der Waals surface area contributed by atoms with Crippen molar-refractivity contribution in [2.24, 2.45) is 0 Å². The number of hydrogen-bond acceptors (Lipinski definition) is 8. The monoisotopic (exact) mass is 444 g/mol. The summed E-state index contributed by atoms with van der Waals surface area (Å²) in [4.78, 5) is 23.6. The Balaban J connectivity index is 2.41. The zero-order valence-corrected chi connectivity index (χ0v) is 17.6. The Bertz CT molecular complexity index is 1270. The first kappa shape index (κ1) is 22.1. The van der Waals surface area contributed by atoms with Gasteiger partial charge in [0.15, 0.2) is 0 Å². The van der Waals surface area contributed by atoms with Crippen LogP contribution in [0.1, 0.15) is 34.6 Å². The molecular weight excluding hydrogens is 424 g/mol. The van der Waals surface area contributed by atoms with E-state index in [1.165, 1.54) is 26.0 Å². The third kappa shape index (κ3) is 3.91. The molecule has 0 saturated heterocycles. The Hall–Kier alpha value is -3.59. The number of esters is 2. The van der Waals surface area contributed by atoms with Crippen molar-refractivity contribution in [2.45, 2.75) is 23.6 Å². The van der Waals surface area contributed by atoms with E-state index in [0.29, 0.717) is 10.8 Å². The van der Waals surface area contributed by atoms with Gasteiger partial charge < -0.3 is 19.7 Å². The molecule has 0 saturated carbocycles. The van der Waals surface area contributed by atoms with Gasteiger partial charge in [0, 0.05) is 5.39 Å². The molecule has 0 fully saturated rings. The van der Waals surface area contributed by atoms with Crippen molar-refractivity contribution in [3.05, 3.63) is 59.7 Å². The van der Waals surface area contributed by atoms with E-state index in [1.807, 2.05) is 0 Å². The standard InChI is InChI=1S/C22H20O8S/c1-3-29-21(25)15-12-16(23)18(22(26)30-4-2)20(19(15)24)31(27,28)17-11-7-9-13-8-5-6-10-14(13)17/h5-12,23-24H,3-4H2,1-2H3. The zero-order chi connectivity index (χ0) is 22.8. The first-order valence-electron chi connectivity index (χ1n) is 9.40. The lowest BCUT2D eigenvalue weighted by Gasteiger charge is -2.16. The molecule has 0 radical (unpaired) electrons. The normalized spacial score (nSPS) is 11.3. The van der Waals surface area contributed by atoms with Gasteiger partial charge in [0.25, 0.3) is 0 Å². The summed E-state index contributed by atoms with van der Waals surface area (Å²) in [6, 6.07) is 11.9. The highest BCUT2D eigenvalue weighted by Crippen LogP contribution is 2.41. The fraction of sp³-hybridized carbons (Fsp3) is 0.182. The zero-order valence-electron chi connectivity index (χ0n) is 16.8. The van der Waals surface area contributed by atoms with Gasteiger partial charge in [0.1, 0.15) is 27.5 Å². The molecule has 8 nitrogen and oxygen atoms in total. The van der Waals surface area contributed by atoms with Crippen molar-refractivity contribution < 1.29 is 37.7 Å². The number of carbonyl (C=O) groups excluding carboxylic acids is 2. The largest absolute Gasteiger partial charge is 0.507 e. The number of phenolic OH excluding ortho intramolecular Hbond substituents is 2. The van der Waals surface area contributed by atoms with Gasteiger partial charge in [0.2, 0.25) is 9.84 Å². The molecule has 0 heterocycles. The third-order valence-electron chi connectivity index (χ3n) is 4.52. The van der Waals surface area contributed by atoms with Gasteiger partial charge in [-0.2, -0.15) is 0 Å². The third-order valence-corrected chi connectivity index (χ3v) is 6.39. The van der Waals surface area contributed by atoms with Crippen LogP contribution in [0, 0.1) is 0 Å².